The van der Waals surface area contributed by atoms with Gasteiger partial charge >= 0.3 is 0 Å². The molecule has 0 amide bonds. The van der Waals surface area contributed by atoms with E-state index in [2.05, 4.69) is 46.8 Å². The van der Waals surface area contributed by atoms with E-state index < -0.39 is 0 Å². The molecule has 0 bridgehead atoms. The number of rotatable bonds is 11. The summed E-state index contributed by atoms with van der Waals surface area (Å²) in [7, 11) is 0. The van der Waals surface area contributed by atoms with Crippen molar-refractivity contribution in [1.82, 2.24) is 10.6 Å². The molecule has 7 heteroatoms. The third kappa shape index (κ3) is 10.3. The van der Waals surface area contributed by atoms with Crippen LogP contribution in [0.3, 0.4) is 0 Å². The van der Waals surface area contributed by atoms with Gasteiger partial charge in [0.1, 0.15) is 0 Å². The van der Waals surface area contributed by atoms with Crippen LogP contribution in [0.5, 0.6) is 0 Å². The molecule has 2 rings (SSSR count). The molecule has 1 aromatic rings. The normalized spacial score (nSPS) is 16.8. The first kappa shape index (κ1) is 24.1. The second kappa shape index (κ2) is 15.1. The molecule has 0 aromatic heterocycles. The lowest BCUT2D eigenvalue weighted by Crippen LogP contribution is -2.41. The molecule has 1 aromatic carbocycles. The third-order valence-electron chi connectivity index (χ3n) is 4.12. The van der Waals surface area contributed by atoms with E-state index in [-0.39, 0.29) is 24.0 Å². The number of nitrogens with one attached hydrogen (secondary N) is 2. The van der Waals surface area contributed by atoms with Crippen molar-refractivity contribution < 1.29 is 14.2 Å². The van der Waals surface area contributed by atoms with Crippen LogP contribution in [0.1, 0.15) is 37.8 Å². The lowest BCUT2D eigenvalue weighted by molar-refractivity contribution is 0.0453. The molecule has 0 spiro atoms. The standard InChI is InChI=1S/C20H33N3O3.HI/c1-3-21-20(23-15-19-9-6-10-26-19)22-14-17-7-5-8-18(13-17)16-25-12-11-24-4-2;/h5,7-8,13,19H,3-4,6,9-12,14-16H2,1-2H3,(H2,21,22,23);1H. The lowest BCUT2D eigenvalue weighted by atomic mass is 10.1. The smallest absolute Gasteiger partial charge is 0.191 e. The molecule has 0 radical (unpaired) electrons. The van der Waals surface area contributed by atoms with E-state index in [0.29, 0.717) is 32.5 Å². The van der Waals surface area contributed by atoms with E-state index >= 15 is 0 Å². The van der Waals surface area contributed by atoms with Gasteiger partial charge in [0.25, 0.3) is 0 Å². The molecular weight excluding hydrogens is 457 g/mol. The summed E-state index contributed by atoms with van der Waals surface area (Å²) in [5, 5.41) is 6.67. The van der Waals surface area contributed by atoms with Crippen LogP contribution in [0.15, 0.2) is 29.3 Å². The molecule has 1 aliphatic heterocycles. The minimum atomic E-state index is 0. The van der Waals surface area contributed by atoms with Gasteiger partial charge in [-0.05, 0) is 37.8 Å². The van der Waals surface area contributed by atoms with Gasteiger partial charge in [0.2, 0.25) is 0 Å². The Labute approximate surface area is 180 Å². The van der Waals surface area contributed by atoms with Crippen LogP contribution in [-0.4, -0.2) is 51.6 Å². The fraction of sp³-hybridized carbons (Fsp3) is 0.650. The first-order valence-corrected chi connectivity index (χ1v) is 9.69. The molecule has 6 nitrogen and oxygen atoms in total. The number of hydrogen-bond donors (Lipinski definition) is 2. The molecule has 0 aliphatic carbocycles. The highest BCUT2D eigenvalue weighted by Gasteiger charge is 2.15. The minimum Gasteiger partial charge on any atom is -0.379 e. The van der Waals surface area contributed by atoms with Gasteiger partial charge < -0.3 is 24.8 Å². The summed E-state index contributed by atoms with van der Waals surface area (Å²) in [6.07, 6.45) is 2.58. The van der Waals surface area contributed by atoms with E-state index in [4.69, 9.17) is 14.2 Å². The van der Waals surface area contributed by atoms with E-state index in [1.807, 2.05) is 6.92 Å². The van der Waals surface area contributed by atoms with Gasteiger partial charge in [-0.3, -0.25) is 0 Å². The van der Waals surface area contributed by atoms with Crippen molar-refractivity contribution in [3.8, 4) is 0 Å². The van der Waals surface area contributed by atoms with Crippen LogP contribution in [0.2, 0.25) is 0 Å². The minimum absolute atomic E-state index is 0. The number of halogens is 1. The quantitative estimate of drug-likeness (QED) is 0.216. The topological polar surface area (TPSA) is 64.1 Å². The Kier molecular flexibility index (Phi) is 13.5. The zero-order chi connectivity index (χ0) is 18.5. The number of benzene rings is 1. The second-order valence-electron chi connectivity index (χ2n) is 6.28. The summed E-state index contributed by atoms with van der Waals surface area (Å²) >= 11 is 0. The van der Waals surface area contributed by atoms with E-state index in [1.165, 1.54) is 5.56 Å². The molecule has 1 heterocycles. The van der Waals surface area contributed by atoms with Crippen LogP contribution >= 0.6 is 24.0 Å². The van der Waals surface area contributed by atoms with Gasteiger partial charge in [0, 0.05) is 26.3 Å². The fourth-order valence-corrected chi connectivity index (χ4v) is 2.80. The predicted octanol–water partition coefficient (Wildman–Crippen LogP) is 3.09. The zero-order valence-corrected chi connectivity index (χ0v) is 18.9. The van der Waals surface area contributed by atoms with Gasteiger partial charge in [-0.25, -0.2) is 4.99 Å². The van der Waals surface area contributed by atoms with Crippen LogP contribution in [0, 0.1) is 0 Å². The van der Waals surface area contributed by atoms with Crippen molar-refractivity contribution in [2.75, 3.05) is 39.5 Å². The van der Waals surface area contributed by atoms with Gasteiger partial charge in [-0.1, -0.05) is 24.3 Å². The van der Waals surface area contributed by atoms with Gasteiger partial charge in [0.15, 0.2) is 5.96 Å². The fourth-order valence-electron chi connectivity index (χ4n) is 2.80. The van der Waals surface area contributed by atoms with Crippen LogP contribution in [0.25, 0.3) is 0 Å². The highest BCUT2D eigenvalue weighted by molar-refractivity contribution is 14.0. The van der Waals surface area contributed by atoms with Gasteiger partial charge in [-0.2, -0.15) is 0 Å². The highest BCUT2D eigenvalue weighted by Crippen LogP contribution is 2.11. The first-order valence-electron chi connectivity index (χ1n) is 9.69. The number of aliphatic imine (C=N–C) groups is 1. The molecule has 1 atom stereocenters. The second-order valence-corrected chi connectivity index (χ2v) is 6.28. The average molecular weight is 491 g/mol. The summed E-state index contributed by atoms with van der Waals surface area (Å²) in [5.74, 6) is 0.835. The summed E-state index contributed by atoms with van der Waals surface area (Å²) in [6, 6.07) is 8.37. The zero-order valence-electron chi connectivity index (χ0n) is 16.5. The molecule has 1 aliphatic rings. The van der Waals surface area contributed by atoms with Gasteiger partial charge in [-0.15, -0.1) is 24.0 Å². The average Bonchev–Trinajstić information content (AvgIpc) is 3.18. The Morgan fingerprint density at radius 2 is 2.00 bits per heavy atom. The maximum absolute atomic E-state index is 5.65. The first-order chi connectivity index (χ1) is 12.8. The summed E-state index contributed by atoms with van der Waals surface area (Å²) in [4.78, 5) is 4.68. The molecular formula is C20H34IN3O3. The molecule has 0 saturated carbocycles. The monoisotopic (exact) mass is 491 g/mol. The lowest BCUT2D eigenvalue weighted by Gasteiger charge is -2.15. The summed E-state index contributed by atoms with van der Waals surface area (Å²) in [6.45, 7) is 9.80. The largest absolute Gasteiger partial charge is 0.379 e. The Balaban J connectivity index is 0.00000364. The molecule has 154 valence electrons. The van der Waals surface area contributed by atoms with Crippen molar-refractivity contribution >= 4 is 29.9 Å². The molecule has 1 saturated heterocycles. The van der Waals surface area contributed by atoms with Crippen molar-refractivity contribution in [3.05, 3.63) is 35.4 Å². The Bertz CT molecular complexity index is 537. The maximum Gasteiger partial charge on any atom is 0.191 e. The molecule has 2 N–H and O–H groups in total. The van der Waals surface area contributed by atoms with Crippen LogP contribution in [-0.2, 0) is 27.4 Å². The Hall–Kier alpha value is -0.900. The van der Waals surface area contributed by atoms with Crippen molar-refractivity contribution in [3.63, 3.8) is 0 Å². The Morgan fingerprint density at radius 3 is 2.74 bits per heavy atom. The summed E-state index contributed by atoms with van der Waals surface area (Å²) < 4.78 is 16.6. The van der Waals surface area contributed by atoms with E-state index in [9.17, 15) is 0 Å². The van der Waals surface area contributed by atoms with Crippen molar-refractivity contribution in [2.45, 2.75) is 45.9 Å². The summed E-state index contributed by atoms with van der Waals surface area (Å²) in [5.41, 5.74) is 2.33. The molecule has 1 fully saturated rings. The number of nitrogens with zero attached hydrogens (tertiary/aromatic N) is 1. The number of ether oxygens (including phenoxy) is 3. The van der Waals surface area contributed by atoms with Crippen LogP contribution < -0.4 is 10.6 Å². The molecule has 27 heavy (non-hydrogen) atoms. The third-order valence-corrected chi connectivity index (χ3v) is 4.12. The van der Waals surface area contributed by atoms with Crippen molar-refractivity contribution in [1.29, 1.82) is 0 Å². The van der Waals surface area contributed by atoms with E-state index in [0.717, 1.165) is 50.7 Å². The Morgan fingerprint density at radius 1 is 1.19 bits per heavy atom. The predicted molar refractivity (Wildman–Crippen MR) is 120 cm³/mol. The van der Waals surface area contributed by atoms with Gasteiger partial charge in [0.05, 0.1) is 32.5 Å². The van der Waals surface area contributed by atoms with Crippen molar-refractivity contribution in [2.24, 2.45) is 4.99 Å². The van der Waals surface area contributed by atoms with Crippen LogP contribution in [0.4, 0.5) is 0 Å². The highest BCUT2D eigenvalue weighted by atomic mass is 127. The SMILES string of the molecule is CCNC(=NCc1cccc(COCCOCC)c1)NCC1CCCO1.I. The number of guanidine groups is 1. The maximum atomic E-state index is 5.65. The number of hydrogen-bond acceptors (Lipinski definition) is 4. The van der Waals surface area contributed by atoms with E-state index in [1.54, 1.807) is 0 Å². The molecule has 1 unspecified atom stereocenters.